The van der Waals surface area contributed by atoms with Crippen molar-refractivity contribution in [1.82, 2.24) is 9.97 Å². The maximum Gasteiger partial charge on any atom is 0.257 e. The molecule has 2 heterocycles. The summed E-state index contributed by atoms with van der Waals surface area (Å²) in [6.07, 6.45) is 0.174. The lowest BCUT2D eigenvalue weighted by Crippen LogP contribution is -2.31. The van der Waals surface area contributed by atoms with Crippen molar-refractivity contribution in [3.05, 3.63) is 39.7 Å². The highest BCUT2D eigenvalue weighted by Gasteiger charge is 2.31. The number of aromatic nitrogens is 2. The highest BCUT2D eigenvalue weighted by atomic mass is 32.2. The van der Waals surface area contributed by atoms with Gasteiger partial charge < -0.3 is 19.8 Å². The first kappa shape index (κ1) is 17.3. The molecule has 1 atom stereocenters. The average Bonchev–Trinajstić information content (AvgIpc) is 2.60. The minimum atomic E-state index is -0.388. The van der Waals surface area contributed by atoms with Gasteiger partial charge in [-0.25, -0.2) is 4.98 Å². The number of anilines is 1. The molecule has 0 bridgehead atoms. The number of H-pyrrole nitrogens is 1. The average molecular weight is 361 g/mol. The molecule has 3 rings (SSSR count). The second kappa shape index (κ2) is 7.18. The van der Waals surface area contributed by atoms with Crippen molar-refractivity contribution >= 4 is 23.5 Å². The predicted octanol–water partition coefficient (Wildman–Crippen LogP) is 2.37. The van der Waals surface area contributed by atoms with E-state index in [1.165, 1.54) is 11.8 Å². The molecule has 0 saturated heterocycles. The van der Waals surface area contributed by atoms with Crippen LogP contribution >= 0.6 is 11.8 Å². The first-order valence-electron chi connectivity index (χ1n) is 7.86. The van der Waals surface area contributed by atoms with Crippen molar-refractivity contribution in [2.75, 3.05) is 25.3 Å². The molecule has 8 heteroatoms. The van der Waals surface area contributed by atoms with Gasteiger partial charge in [-0.05, 0) is 23.4 Å². The summed E-state index contributed by atoms with van der Waals surface area (Å²) in [6, 6.07) is 5.39. The van der Waals surface area contributed by atoms with Gasteiger partial charge in [-0.2, -0.15) is 0 Å². The molecule has 0 aliphatic carbocycles. The number of thioether (sulfide) groups is 1. The third-order valence-corrected chi connectivity index (χ3v) is 4.78. The van der Waals surface area contributed by atoms with Gasteiger partial charge in [0, 0.05) is 12.3 Å². The summed E-state index contributed by atoms with van der Waals surface area (Å²) in [5.74, 6) is 1.69. The summed E-state index contributed by atoms with van der Waals surface area (Å²) in [6.45, 7) is 1.97. The van der Waals surface area contributed by atoms with E-state index in [-0.39, 0.29) is 23.8 Å². The van der Waals surface area contributed by atoms with E-state index < -0.39 is 0 Å². The van der Waals surface area contributed by atoms with E-state index in [1.54, 1.807) is 26.4 Å². The predicted molar refractivity (Wildman–Crippen MR) is 95.9 cm³/mol. The van der Waals surface area contributed by atoms with Crippen molar-refractivity contribution < 1.29 is 14.3 Å². The molecule has 1 aliphatic heterocycles. The highest BCUT2D eigenvalue weighted by molar-refractivity contribution is 7.99. The summed E-state index contributed by atoms with van der Waals surface area (Å²) in [5, 5.41) is 3.21. The second-order valence-corrected chi connectivity index (χ2v) is 6.74. The molecular formula is C17H19N3O4S. The number of carbonyl (C=O) groups excluding carboxylic acids is 1. The first-order chi connectivity index (χ1) is 12.1. The molecule has 0 saturated carbocycles. The molecule has 7 nitrogen and oxygen atoms in total. The van der Waals surface area contributed by atoms with Crippen LogP contribution in [0.15, 0.2) is 28.2 Å². The lowest BCUT2D eigenvalue weighted by molar-refractivity contribution is -0.116. The molecule has 1 aromatic carbocycles. The molecule has 132 valence electrons. The SMILES string of the molecule is CCSc1nc2c(c(=O)[nH]1)C(c1ccc(OC)c(OC)c1)CC(=O)N2. The number of carbonyl (C=O) groups is 1. The fraction of sp³-hybridized carbons (Fsp3) is 0.353. The Kier molecular flexibility index (Phi) is 4.98. The number of rotatable bonds is 5. The number of amides is 1. The summed E-state index contributed by atoms with van der Waals surface area (Å²) in [5.41, 5.74) is 1.03. The number of ether oxygens (including phenoxy) is 2. The summed E-state index contributed by atoms with van der Waals surface area (Å²) >= 11 is 1.42. The van der Waals surface area contributed by atoms with Crippen LogP contribution in [0.1, 0.15) is 30.4 Å². The Morgan fingerprint density at radius 2 is 2.00 bits per heavy atom. The Hall–Kier alpha value is -2.48. The lowest BCUT2D eigenvalue weighted by Gasteiger charge is -2.25. The van der Waals surface area contributed by atoms with Crippen molar-refractivity contribution in [2.24, 2.45) is 0 Å². The normalized spacial score (nSPS) is 16.1. The highest BCUT2D eigenvalue weighted by Crippen LogP contribution is 2.38. The molecule has 25 heavy (non-hydrogen) atoms. The number of aromatic amines is 1. The second-order valence-electron chi connectivity index (χ2n) is 5.49. The van der Waals surface area contributed by atoms with E-state index in [2.05, 4.69) is 15.3 Å². The van der Waals surface area contributed by atoms with Gasteiger partial charge in [0.2, 0.25) is 5.91 Å². The van der Waals surface area contributed by atoms with Crippen LogP contribution in [0.5, 0.6) is 11.5 Å². The number of hydrogen-bond acceptors (Lipinski definition) is 6. The van der Waals surface area contributed by atoms with E-state index in [1.807, 2.05) is 13.0 Å². The molecule has 1 aromatic heterocycles. The van der Waals surface area contributed by atoms with Crippen LogP contribution in [0.2, 0.25) is 0 Å². The molecule has 0 fully saturated rings. The van der Waals surface area contributed by atoms with Crippen molar-refractivity contribution in [2.45, 2.75) is 24.4 Å². The van der Waals surface area contributed by atoms with E-state index in [9.17, 15) is 9.59 Å². The smallest absolute Gasteiger partial charge is 0.257 e. The Morgan fingerprint density at radius 1 is 1.24 bits per heavy atom. The van der Waals surface area contributed by atoms with Crippen LogP contribution in [0.3, 0.4) is 0 Å². The Morgan fingerprint density at radius 3 is 2.68 bits per heavy atom. The van der Waals surface area contributed by atoms with Crippen molar-refractivity contribution in [3.63, 3.8) is 0 Å². The van der Waals surface area contributed by atoms with Gasteiger partial charge in [0.05, 0.1) is 19.8 Å². The van der Waals surface area contributed by atoms with E-state index >= 15 is 0 Å². The van der Waals surface area contributed by atoms with Gasteiger partial charge in [0.1, 0.15) is 5.82 Å². The Balaban J connectivity index is 2.11. The molecule has 1 unspecified atom stereocenters. The van der Waals surface area contributed by atoms with Gasteiger partial charge in [-0.1, -0.05) is 24.8 Å². The van der Waals surface area contributed by atoms with Crippen molar-refractivity contribution in [1.29, 1.82) is 0 Å². The van der Waals surface area contributed by atoms with Crippen LogP contribution in [0, 0.1) is 0 Å². The maximum atomic E-state index is 12.6. The molecule has 1 amide bonds. The maximum absolute atomic E-state index is 12.6. The fourth-order valence-corrected chi connectivity index (χ4v) is 3.50. The molecule has 2 aromatic rings. The third-order valence-electron chi connectivity index (χ3n) is 4.02. The Labute approximate surface area is 149 Å². The Bertz CT molecular complexity index is 865. The van der Waals surface area contributed by atoms with Gasteiger partial charge in [-0.15, -0.1) is 0 Å². The van der Waals surface area contributed by atoms with Crippen LogP contribution in [-0.2, 0) is 4.79 Å². The minimum Gasteiger partial charge on any atom is -0.493 e. The number of fused-ring (bicyclic) bond motifs is 1. The zero-order chi connectivity index (χ0) is 18.0. The molecular weight excluding hydrogens is 342 g/mol. The molecule has 2 N–H and O–H groups in total. The zero-order valence-corrected chi connectivity index (χ0v) is 15.0. The van der Waals surface area contributed by atoms with Crippen LogP contribution in [0.4, 0.5) is 5.82 Å². The quantitative estimate of drug-likeness (QED) is 0.627. The van der Waals surface area contributed by atoms with Gasteiger partial charge in [-0.3, -0.25) is 9.59 Å². The lowest BCUT2D eigenvalue weighted by atomic mass is 9.86. The standard InChI is InChI=1S/C17H19N3O4S/c1-4-25-17-19-15-14(16(22)20-17)10(8-13(21)18-15)9-5-6-11(23-2)12(7-9)24-3/h5-7,10H,4,8H2,1-3H3,(H2,18,19,20,21,22). The van der Waals surface area contributed by atoms with E-state index in [4.69, 9.17) is 9.47 Å². The molecule has 1 aliphatic rings. The number of nitrogens with zero attached hydrogens (tertiary/aromatic N) is 1. The number of benzene rings is 1. The summed E-state index contributed by atoms with van der Waals surface area (Å²) in [7, 11) is 3.11. The van der Waals surface area contributed by atoms with Crippen LogP contribution in [0.25, 0.3) is 0 Å². The molecule has 0 radical (unpaired) electrons. The number of hydrogen-bond donors (Lipinski definition) is 2. The van der Waals surface area contributed by atoms with Crippen LogP contribution < -0.4 is 20.3 Å². The van der Waals surface area contributed by atoms with Crippen molar-refractivity contribution in [3.8, 4) is 11.5 Å². The first-order valence-corrected chi connectivity index (χ1v) is 8.84. The summed E-state index contributed by atoms with van der Waals surface area (Å²) < 4.78 is 10.6. The van der Waals surface area contributed by atoms with Gasteiger partial charge in [0.15, 0.2) is 16.7 Å². The van der Waals surface area contributed by atoms with E-state index in [0.29, 0.717) is 28.0 Å². The number of methoxy groups -OCH3 is 2. The monoisotopic (exact) mass is 361 g/mol. The van der Waals surface area contributed by atoms with E-state index in [0.717, 1.165) is 11.3 Å². The topological polar surface area (TPSA) is 93.3 Å². The minimum absolute atomic E-state index is 0.169. The largest absolute Gasteiger partial charge is 0.493 e. The third kappa shape index (κ3) is 3.34. The summed E-state index contributed by atoms with van der Waals surface area (Å²) in [4.78, 5) is 31.9. The number of nitrogens with one attached hydrogen (secondary N) is 2. The van der Waals surface area contributed by atoms with Crippen LogP contribution in [-0.4, -0.2) is 35.8 Å². The molecule has 0 spiro atoms. The fourth-order valence-electron chi connectivity index (χ4n) is 2.91. The van der Waals surface area contributed by atoms with Gasteiger partial charge in [0.25, 0.3) is 5.56 Å². The zero-order valence-electron chi connectivity index (χ0n) is 14.2. The van der Waals surface area contributed by atoms with Gasteiger partial charge >= 0.3 is 0 Å².